The highest BCUT2D eigenvalue weighted by Gasteiger charge is 2.26. The predicted molar refractivity (Wildman–Crippen MR) is 107 cm³/mol. The molecule has 27 heavy (non-hydrogen) atoms. The molecular weight excluding hydrogens is 338 g/mol. The molecule has 1 amide bonds. The van der Waals surface area contributed by atoms with Crippen molar-refractivity contribution in [3.63, 3.8) is 0 Å². The van der Waals surface area contributed by atoms with Gasteiger partial charge in [0.05, 0.1) is 0 Å². The highest BCUT2D eigenvalue weighted by atomic mass is 16.5. The monoisotopic (exact) mass is 367 g/mol. The van der Waals surface area contributed by atoms with E-state index in [1.165, 1.54) is 11.1 Å². The van der Waals surface area contributed by atoms with Crippen LogP contribution in [0.4, 0.5) is 0 Å². The Kier molecular flexibility index (Phi) is 6.45. The van der Waals surface area contributed by atoms with Gasteiger partial charge in [-0.2, -0.15) is 0 Å². The van der Waals surface area contributed by atoms with Crippen molar-refractivity contribution in [2.45, 2.75) is 39.3 Å². The second-order valence-electron chi connectivity index (χ2n) is 7.44. The summed E-state index contributed by atoms with van der Waals surface area (Å²) in [4.78, 5) is 21.1. The van der Waals surface area contributed by atoms with Crippen LogP contribution in [0, 0.1) is 0 Å². The number of piperazine rings is 1. The topological polar surface area (TPSA) is 45.7 Å². The van der Waals surface area contributed by atoms with Crippen molar-refractivity contribution in [2.24, 2.45) is 0 Å². The molecule has 0 N–H and O–H groups in total. The molecule has 0 aliphatic carbocycles. The molecule has 1 unspecified atom stereocenters. The number of hydrogen-bond acceptors (Lipinski definition) is 4. The quantitative estimate of drug-likeness (QED) is 0.786. The molecule has 2 aromatic rings. The third-order valence-electron chi connectivity index (χ3n) is 5.02. The predicted octanol–water partition coefficient (Wildman–Crippen LogP) is 3.32. The smallest absolute Gasteiger partial charge is 0.263 e. The van der Waals surface area contributed by atoms with Crippen LogP contribution in [0.5, 0.6) is 5.75 Å². The maximum Gasteiger partial charge on any atom is 0.263 e. The molecule has 5 nitrogen and oxygen atoms in total. The van der Waals surface area contributed by atoms with Crippen LogP contribution < -0.4 is 4.74 Å². The maximum atomic E-state index is 12.8. The lowest BCUT2D eigenvalue weighted by molar-refractivity contribution is -0.139. The van der Waals surface area contributed by atoms with Crippen molar-refractivity contribution >= 4 is 5.91 Å². The second kappa shape index (κ2) is 9.00. The number of pyridine rings is 1. The van der Waals surface area contributed by atoms with Gasteiger partial charge in [-0.1, -0.05) is 26.0 Å². The van der Waals surface area contributed by atoms with Gasteiger partial charge in [-0.25, -0.2) is 0 Å². The summed E-state index contributed by atoms with van der Waals surface area (Å²) in [7, 11) is 0. The summed E-state index contributed by atoms with van der Waals surface area (Å²) in [5, 5.41) is 0. The second-order valence-corrected chi connectivity index (χ2v) is 7.44. The summed E-state index contributed by atoms with van der Waals surface area (Å²) >= 11 is 0. The number of benzene rings is 1. The molecule has 2 heterocycles. The fourth-order valence-corrected chi connectivity index (χ4v) is 3.33. The van der Waals surface area contributed by atoms with Gasteiger partial charge >= 0.3 is 0 Å². The number of rotatable bonds is 6. The summed E-state index contributed by atoms with van der Waals surface area (Å²) < 4.78 is 5.93. The van der Waals surface area contributed by atoms with Crippen molar-refractivity contribution in [1.29, 1.82) is 0 Å². The zero-order chi connectivity index (χ0) is 19.2. The molecule has 0 radical (unpaired) electrons. The molecule has 1 aromatic carbocycles. The van der Waals surface area contributed by atoms with Crippen LogP contribution in [0.1, 0.15) is 37.8 Å². The van der Waals surface area contributed by atoms with Crippen LogP contribution in [-0.4, -0.2) is 53.0 Å². The first-order chi connectivity index (χ1) is 13.0. The fraction of sp³-hybridized carbons (Fsp3) is 0.455. The van der Waals surface area contributed by atoms with E-state index in [-0.39, 0.29) is 5.91 Å². The van der Waals surface area contributed by atoms with Crippen molar-refractivity contribution < 1.29 is 9.53 Å². The van der Waals surface area contributed by atoms with Gasteiger partial charge < -0.3 is 9.64 Å². The molecule has 3 rings (SSSR count). The molecule has 0 bridgehead atoms. The Morgan fingerprint density at radius 3 is 2.44 bits per heavy atom. The Labute approximate surface area is 162 Å². The average Bonchev–Trinajstić information content (AvgIpc) is 2.69. The van der Waals surface area contributed by atoms with Crippen molar-refractivity contribution in [1.82, 2.24) is 14.8 Å². The van der Waals surface area contributed by atoms with E-state index in [9.17, 15) is 4.79 Å². The Morgan fingerprint density at radius 1 is 1.07 bits per heavy atom. The Morgan fingerprint density at radius 2 is 1.78 bits per heavy atom. The number of carbonyl (C=O) groups excluding carboxylic acids is 1. The van der Waals surface area contributed by atoms with E-state index >= 15 is 0 Å². The SMILES string of the molecule is CC(Oc1cccc(C(C)C)c1)C(=O)N1CCN(Cc2ccncc2)CC1. The van der Waals surface area contributed by atoms with Crippen LogP contribution in [0.3, 0.4) is 0 Å². The minimum absolute atomic E-state index is 0.0634. The molecule has 1 aliphatic rings. The molecule has 1 aromatic heterocycles. The molecule has 1 fully saturated rings. The molecule has 0 spiro atoms. The molecule has 1 saturated heterocycles. The number of amides is 1. The van der Waals surface area contributed by atoms with Gasteiger partial charge in [0.1, 0.15) is 5.75 Å². The normalized spacial score (nSPS) is 16.4. The van der Waals surface area contributed by atoms with Gasteiger partial charge in [0.15, 0.2) is 6.10 Å². The average molecular weight is 367 g/mol. The Bertz CT molecular complexity index is 740. The van der Waals surface area contributed by atoms with Crippen molar-refractivity contribution in [3.8, 4) is 5.75 Å². The summed E-state index contributed by atoms with van der Waals surface area (Å²) in [5.74, 6) is 1.26. The number of ether oxygens (including phenoxy) is 1. The van der Waals surface area contributed by atoms with E-state index in [1.54, 1.807) is 0 Å². The highest BCUT2D eigenvalue weighted by molar-refractivity contribution is 5.81. The molecule has 1 atom stereocenters. The molecule has 0 saturated carbocycles. The fourth-order valence-electron chi connectivity index (χ4n) is 3.33. The van der Waals surface area contributed by atoms with Crippen LogP contribution in [0.2, 0.25) is 0 Å². The van der Waals surface area contributed by atoms with E-state index in [0.717, 1.165) is 38.5 Å². The molecule has 5 heteroatoms. The Balaban J connectivity index is 1.50. The van der Waals surface area contributed by atoms with E-state index in [4.69, 9.17) is 4.74 Å². The summed E-state index contributed by atoms with van der Waals surface area (Å²) in [6.45, 7) is 10.3. The minimum Gasteiger partial charge on any atom is -0.481 e. The van der Waals surface area contributed by atoms with Crippen LogP contribution in [-0.2, 0) is 11.3 Å². The zero-order valence-electron chi connectivity index (χ0n) is 16.5. The van der Waals surface area contributed by atoms with Crippen molar-refractivity contribution in [3.05, 3.63) is 59.9 Å². The first-order valence-electron chi connectivity index (χ1n) is 9.69. The summed E-state index contributed by atoms with van der Waals surface area (Å²) in [5.41, 5.74) is 2.48. The van der Waals surface area contributed by atoms with Gasteiger partial charge in [-0.3, -0.25) is 14.7 Å². The van der Waals surface area contributed by atoms with Gasteiger partial charge in [-0.15, -0.1) is 0 Å². The standard InChI is InChI=1S/C22H29N3O2/c1-17(2)20-5-4-6-21(15-20)27-18(3)22(26)25-13-11-24(12-14-25)16-19-7-9-23-10-8-19/h4-10,15,17-18H,11-14,16H2,1-3H3. The number of nitrogens with zero attached hydrogens (tertiary/aromatic N) is 3. The van der Waals surface area contributed by atoms with Crippen LogP contribution in [0.25, 0.3) is 0 Å². The van der Waals surface area contributed by atoms with Gasteiger partial charge in [0.25, 0.3) is 5.91 Å². The third kappa shape index (κ3) is 5.30. The number of hydrogen-bond donors (Lipinski definition) is 0. The van der Waals surface area contributed by atoms with Crippen molar-refractivity contribution in [2.75, 3.05) is 26.2 Å². The molecule has 144 valence electrons. The summed E-state index contributed by atoms with van der Waals surface area (Å²) in [6.07, 6.45) is 3.17. The van der Waals surface area contributed by atoms with Gasteiger partial charge in [0.2, 0.25) is 0 Å². The number of carbonyl (C=O) groups is 1. The molecule has 1 aliphatic heterocycles. The largest absolute Gasteiger partial charge is 0.481 e. The van der Waals surface area contributed by atoms with E-state index < -0.39 is 6.10 Å². The van der Waals surface area contributed by atoms with Gasteiger partial charge in [0, 0.05) is 45.1 Å². The summed E-state index contributed by atoms with van der Waals surface area (Å²) in [6, 6.07) is 12.1. The minimum atomic E-state index is -0.473. The van der Waals surface area contributed by atoms with Crippen LogP contribution in [0.15, 0.2) is 48.8 Å². The maximum absolute atomic E-state index is 12.8. The first-order valence-corrected chi connectivity index (χ1v) is 9.69. The lowest BCUT2D eigenvalue weighted by Gasteiger charge is -2.35. The number of aromatic nitrogens is 1. The Hall–Kier alpha value is -2.40. The van der Waals surface area contributed by atoms with E-state index in [0.29, 0.717) is 5.92 Å². The lowest BCUT2D eigenvalue weighted by atomic mass is 10.0. The molecular formula is C22H29N3O2. The van der Waals surface area contributed by atoms with E-state index in [1.807, 2.05) is 54.5 Å². The first kappa shape index (κ1) is 19.4. The van der Waals surface area contributed by atoms with Crippen LogP contribution >= 0.6 is 0 Å². The third-order valence-corrected chi connectivity index (χ3v) is 5.02. The highest BCUT2D eigenvalue weighted by Crippen LogP contribution is 2.21. The zero-order valence-corrected chi connectivity index (χ0v) is 16.5. The lowest BCUT2D eigenvalue weighted by Crippen LogP contribution is -2.51. The van der Waals surface area contributed by atoms with E-state index in [2.05, 4.69) is 29.8 Å². The van der Waals surface area contributed by atoms with Gasteiger partial charge in [-0.05, 0) is 48.2 Å².